The predicted molar refractivity (Wildman–Crippen MR) is 257 cm³/mol. The van der Waals surface area contributed by atoms with Gasteiger partial charge in [0, 0.05) is 19.3 Å². The summed E-state index contributed by atoms with van der Waals surface area (Å²) < 4.78 is 17.3. The summed E-state index contributed by atoms with van der Waals surface area (Å²) in [5.41, 5.74) is 0. The van der Waals surface area contributed by atoms with Gasteiger partial charge in [-0.3, -0.25) is 9.59 Å². The average Bonchev–Trinajstić information content (AvgIpc) is 3.22. The minimum Gasteiger partial charge on any atom is -0.477 e. The number of ether oxygens (including phenoxy) is 3. The van der Waals surface area contributed by atoms with E-state index in [1.54, 1.807) is 0 Å². The lowest BCUT2D eigenvalue weighted by Crippen LogP contribution is -2.50. The molecule has 8 heteroatoms. The third-order valence-electron chi connectivity index (χ3n) is 11.3. The number of carbonyl (C=O) groups is 3. The van der Waals surface area contributed by atoms with Crippen molar-refractivity contribution in [2.24, 2.45) is 0 Å². The lowest BCUT2D eigenvalue weighted by atomic mass is 10.1. The third-order valence-corrected chi connectivity index (χ3v) is 11.3. The second-order valence-corrected chi connectivity index (χ2v) is 18.1. The Morgan fingerprint density at radius 2 is 0.852 bits per heavy atom. The van der Waals surface area contributed by atoms with E-state index in [1.807, 2.05) is 21.1 Å². The molecule has 61 heavy (non-hydrogen) atoms. The molecule has 0 heterocycles. The SMILES string of the molecule is CCCCC/C=C/C=C/CCCCCCCCCCCCC(=O)OC(COCCC(C(=O)O)[N+](C)(C)C)COC(=O)CCCCCCC/C=C/C=C/CCCCCCCCC. The molecule has 2 unspecified atom stereocenters. The quantitative estimate of drug-likeness (QED) is 0.0282. The van der Waals surface area contributed by atoms with Gasteiger partial charge in [-0.15, -0.1) is 0 Å². The Bertz CT molecular complexity index is 1140. The molecule has 0 saturated heterocycles. The van der Waals surface area contributed by atoms with E-state index in [0.717, 1.165) is 57.8 Å². The highest BCUT2D eigenvalue weighted by atomic mass is 16.6. The number of quaternary nitrogens is 1. The van der Waals surface area contributed by atoms with Crippen LogP contribution in [0, 0.1) is 0 Å². The number of unbranched alkanes of at least 4 members (excludes halogenated alkanes) is 25. The van der Waals surface area contributed by atoms with Crippen LogP contribution < -0.4 is 0 Å². The standard InChI is InChI=1S/C53H95NO7/c1-6-8-10-12-14-16-18-20-22-24-26-28-30-32-34-36-38-40-42-44-52(56)61-49(47-59-46-45-50(53(57)58)54(3,4)5)48-60-51(55)43-41-39-37-35-33-31-29-27-25-23-21-19-17-15-13-11-9-7-2/h14,16,18,20,23,25,27,29,49-50H,6-13,15,17,19,21-22,24,26,28,30-48H2,1-5H3/p+1/b16-14+,20-18+,25-23+,29-27+. The first-order valence-corrected chi connectivity index (χ1v) is 25.2. The van der Waals surface area contributed by atoms with Gasteiger partial charge in [-0.05, 0) is 64.2 Å². The zero-order valence-electron chi connectivity index (χ0n) is 40.4. The number of nitrogens with zero attached hydrogens (tertiary/aromatic N) is 1. The molecule has 0 bridgehead atoms. The van der Waals surface area contributed by atoms with Crippen LogP contribution in [0.2, 0.25) is 0 Å². The molecule has 0 saturated carbocycles. The van der Waals surface area contributed by atoms with E-state index >= 15 is 0 Å². The average molecular weight is 859 g/mol. The molecule has 0 aromatic heterocycles. The molecule has 0 aromatic carbocycles. The summed E-state index contributed by atoms with van der Waals surface area (Å²) in [6.45, 7) is 4.70. The van der Waals surface area contributed by atoms with Crippen LogP contribution in [0.15, 0.2) is 48.6 Å². The Morgan fingerprint density at radius 1 is 0.492 bits per heavy atom. The molecule has 0 radical (unpaired) electrons. The number of rotatable bonds is 45. The molecule has 0 spiro atoms. The number of allylic oxidation sites excluding steroid dienone is 8. The molecule has 354 valence electrons. The highest BCUT2D eigenvalue weighted by Gasteiger charge is 2.31. The molecule has 1 N–H and O–H groups in total. The van der Waals surface area contributed by atoms with E-state index in [0.29, 0.717) is 19.3 Å². The minimum absolute atomic E-state index is 0.0547. The van der Waals surface area contributed by atoms with Gasteiger partial charge < -0.3 is 23.8 Å². The zero-order chi connectivity index (χ0) is 44.9. The van der Waals surface area contributed by atoms with Crippen molar-refractivity contribution in [2.75, 3.05) is 41.0 Å². The summed E-state index contributed by atoms with van der Waals surface area (Å²) in [7, 11) is 5.53. The van der Waals surface area contributed by atoms with Gasteiger partial charge in [0.1, 0.15) is 6.61 Å². The van der Waals surface area contributed by atoms with Gasteiger partial charge in [0.2, 0.25) is 0 Å². The van der Waals surface area contributed by atoms with E-state index < -0.39 is 18.1 Å². The lowest BCUT2D eigenvalue weighted by molar-refractivity contribution is -0.887. The molecular formula is C53H96NO7+. The molecule has 8 nitrogen and oxygen atoms in total. The smallest absolute Gasteiger partial charge is 0.362 e. The van der Waals surface area contributed by atoms with Crippen molar-refractivity contribution in [1.82, 2.24) is 0 Å². The lowest BCUT2D eigenvalue weighted by Gasteiger charge is -2.31. The Morgan fingerprint density at radius 3 is 1.26 bits per heavy atom. The highest BCUT2D eigenvalue weighted by molar-refractivity contribution is 5.72. The molecule has 0 fully saturated rings. The van der Waals surface area contributed by atoms with Gasteiger partial charge in [0.25, 0.3) is 0 Å². The Hall–Kier alpha value is -2.71. The van der Waals surface area contributed by atoms with Crippen LogP contribution in [0.4, 0.5) is 0 Å². The fourth-order valence-corrected chi connectivity index (χ4v) is 7.31. The maximum atomic E-state index is 12.8. The second-order valence-electron chi connectivity index (χ2n) is 18.1. The molecule has 0 aromatic rings. The fraction of sp³-hybridized carbons (Fsp3) is 0.792. The summed E-state index contributed by atoms with van der Waals surface area (Å²) in [5, 5.41) is 9.65. The number of carbonyl (C=O) groups excluding carboxylic acids is 2. The minimum atomic E-state index is -0.877. The first kappa shape index (κ1) is 58.3. The van der Waals surface area contributed by atoms with E-state index in [-0.39, 0.29) is 36.2 Å². The first-order valence-electron chi connectivity index (χ1n) is 25.2. The molecule has 0 aliphatic carbocycles. The fourth-order valence-electron chi connectivity index (χ4n) is 7.31. The maximum Gasteiger partial charge on any atom is 0.362 e. The summed E-state index contributed by atoms with van der Waals surface area (Å²) in [6.07, 6.45) is 52.9. The number of hydrogen-bond donors (Lipinski definition) is 1. The van der Waals surface area contributed by atoms with Gasteiger partial charge in [0.15, 0.2) is 12.1 Å². The van der Waals surface area contributed by atoms with Crippen LogP contribution in [-0.4, -0.2) is 80.6 Å². The van der Waals surface area contributed by atoms with Crippen LogP contribution in [0.25, 0.3) is 0 Å². The van der Waals surface area contributed by atoms with Crippen molar-refractivity contribution in [3.63, 3.8) is 0 Å². The number of hydrogen-bond acceptors (Lipinski definition) is 6. The van der Waals surface area contributed by atoms with Gasteiger partial charge in [-0.1, -0.05) is 184 Å². The third kappa shape index (κ3) is 42.4. The topological polar surface area (TPSA) is 99.1 Å². The molecule has 0 aliphatic rings. The van der Waals surface area contributed by atoms with Crippen molar-refractivity contribution >= 4 is 17.9 Å². The van der Waals surface area contributed by atoms with Gasteiger partial charge >= 0.3 is 17.9 Å². The summed E-state index contributed by atoms with van der Waals surface area (Å²) >= 11 is 0. The molecule has 2 atom stereocenters. The van der Waals surface area contributed by atoms with Gasteiger partial charge in [-0.2, -0.15) is 0 Å². The van der Waals surface area contributed by atoms with Crippen LogP contribution in [0.5, 0.6) is 0 Å². The molecule has 0 rings (SSSR count). The predicted octanol–water partition coefficient (Wildman–Crippen LogP) is 14.4. The molecule has 0 amide bonds. The van der Waals surface area contributed by atoms with E-state index in [9.17, 15) is 19.5 Å². The van der Waals surface area contributed by atoms with E-state index in [4.69, 9.17) is 14.2 Å². The molecular weight excluding hydrogens is 763 g/mol. The number of carboxylic acid groups (broad SMARTS) is 1. The Balaban J connectivity index is 4.30. The number of esters is 2. The Labute approximate surface area is 376 Å². The number of carboxylic acids is 1. The largest absolute Gasteiger partial charge is 0.477 e. The second kappa shape index (κ2) is 43.9. The van der Waals surface area contributed by atoms with Crippen molar-refractivity contribution in [2.45, 2.75) is 231 Å². The Kier molecular flexibility index (Phi) is 42.0. The van der Waals surface area contributed by atoms with Gasteiger partial charge in [0.05, 0.1) is 34.4 Å². The summed E-state index contributed by atoms with van der Waals surface area (Å²) in [4.78, 5) is 37.1. The van der Waals surface area contributed by atoms with E-state index in [1.165, 1.54) is 128 Å². The summed E-state index contributed by atoms with van der Waals surface area (Å²) in [6, 6.07) is -0.619. The van der Waals surface area contributed by atoms with Crippen molar-refractivity contribution in [1.29, 1.82) is 0 Å². The first-order chi connectivity index (χ1) is 29.6. The monoisotopic (exact) mass is 859 g/mol. The number of likely N-dealkylation sites (N-methyl/N-ethyl adjacent to an activating group) is 1. The van der Waals surface area contributed by atoms with Crippen LogP contribution >= 0.6 is 0 Å². The van der Waals surface area contributed by atoms with E-state index in [2.05, 4.69) is 62.5 Å². The number of aliphatic carboxylic acids is 1. The highest BCUT2D eigenvalue weighted by Crippen LogP contribution is 2.15. The van der Waals surface area contributed by atoms with Crippen LogP contribution in [0.1, 0.15) is 219 Å². The normalized spacial score (nSPS) is 13.3. The maximum absolute atomic E-state index is 12.8. The van der Waals surface area contributed by atoms with Crippen LogP contribution in [-0.2, 0) is 28.6 Å². The van der Waals surface area contributed by atoms with Crippen molar-refractivity contribution in [3.8, 4) is 0 Å². The summed E-state index contributed by atoms with van der Waals surface area (Å²) in [5.74, 6) is -1.49. The molecule has 0 aliphatic heterocycles. The van der Waals surface area contributed by atoms with Crippen molar-refractivity contribution < 1.29 is 38.2 Å². The van der Waals surface area contributed by atoms with Gasteiger partial charge in [-0.25, -0.2) is 4.79 Å². The zero-order valence-corrected chi connectivity index (χ0v) is 40.4. The van der Waals surface area contributed by atoms with Crippen molar-refractivity contribution in [3.05, 3.63) is 48.6 Å². The van der Waals surface area contributed by atoms with Crippen LogP contribution in [0.3, 0.4) is 0 Å².